The third-order valence-corrected chi connectivity index (χ3v) is 7.53. The van der Waals surface area contributed by atoms with Crippen LogP contribution in [-0.4, -0.2) is 56.1 Å². The van der Waals surface area contributed by atoms with E-state index < -0.39 is 15.9 Å². The summed E-state index contributed by atoms with van der Waals surface area (Å²) in [6.07, 6.45) is 1.87. The number of aromatic nitrogens is 2. The number of methoxy groups -OCH3 is 2. The van der Waals surface area contributed by atoms with Crippen LogP contribution in [0.2, 0.25) is 0 Å². The zero-order valence-electron chi connectivity index (χ0n) is 19.1. The molecule has 0 aliphatic carbocycles. The van der Waals surface area contributed by atoms with Crippen molar-refractivity contribution in [2.75, 3.05) is 32.6 Å². The van der Waals surface area contributed by atoms with Crippen LogP contribution in [0.3, 0.4) is 0 Å². The molecule has 1 aromatic heterocycles. The fourth-order valence-electron chi connectivity index (χ4n) is 3.82. The summed E-state index contributed by atoms with van der Waals surface area (Å²) in [5.74, 6) is 1.07. The van der Waals surface area contributed by atoms with Gasteiger partial charge in [-0.2, -0.15) is 4.31 Å². The molecule has 3 aromatic rings. The van der Waals surface area contributed by atoms with Crippen molar-refractivity contribution in [3.63, 3.8) is 0 Å². The number of hydrogen-bond donors (Lipinski definition) is 1. The Morgan fingerprint density at radius 2 is 1.82 bits per heavy atom. The number of carbonyl (C=O) groups is 1. The van der Waals surface area contributed by atoms with Crippen molar-refractivity contribution in [3.8, 4) is 23.0 Å². The van der Waals surface area contributed by atoms with Gasteiger partial charge < -0.3 is 13.9 Å². The Balaban J connectivity index is 1.45. The van der Waals surface area contributed by atoms with E-state index in [9.17, 15) is 13.2 Å². The molecule has 4 rings (SSSR count). The predicted molar refractivity (Wildman–Crippen MR) is 124 cm³/mol. The molecule has 34 heavy (non-hydrogen) atoms. The fourth-order valence-corrected chi connectivity index (χ4v) is 5.42. The van der Waals surface area contributed by atoms with Crippen LogP contribution in [0, 0.1) is 5.92 Å². The smallest absolute Gasteiger partial charge is 0.322 e. The largest absolute Gasteiger partial charge is 0.493 e. The average molecular weight is 487 g/mol. The highest BCUT2D eigenvalue weighted by molar-refractivity contribution is 7.89. The van der Waals surface area contributed by atoms with Crippen LogP contribution in [-0.2, 0) is 10.0 Å². The molecule has 0 saturated carbocycles. The van der Waals surface area contributed by atoms with Gasteiger partial charge in [-0.3, -0.25) is 10.1 Å². The number of anilines is 1. The summed E-state index contributed by atoms with van der Waals surface area (Å²) < 4.78 is 43.3. The second-order valence-corrected chi connectivity index (χ2v) is 10.0. The summed E-state index contributed by atoms with van der Waals surface area (Å²) in [5, 5.41) is 10.3. The van der Waals surface area contributed by atoms with Crippen molar-refractivity contribution in [3.05, 3.63) is 48.0 Å². The van der Waals surface area contributed by atoms with E-state index >= 15 is 0 Å². The first-order valence-electron chi connectivity index (χ1n) is 10.8. The lowest BCUT2D eigenvalue weighted by atomic mass is 10.0. The summed E-state index contributed by atoms with van der Waals surface area (Å²) >= 11 is 0. The van der Waals surface area contributed by atoms with Gasteiger partial charge in [0.1, 0.15) is 0 Å². The first-order valence-corrected chi connectivity index (χ1v) is 12.2. The van der Waals surface area contributed by atoms with Gasteiger partial charge in [0.15, 0.2) is 11.5 Å². The van der Waals surface area contributed by atoms with Gasteiger partial charge >= 0.3 is 6.01 Å². The van der Waals surface area contributed by atoms with Crippen molar-refractivity contribution in [1.29, 1.82) is 0 Å². The summed E-state index contributed by atoms with van der Waals surface area (Å²) in [7, 11) is -0.539. The number of nitrogens with one attached hydrogen (secondary N) is 1. The number of nitrogens with zero attached hydrogens (tertiary/aromatic N) is 3. The zero-order chi connectivity index (χ0) is 24.3. The monoisotopic (exact) mass is 486 g/mol. The molecule has 2 aromatic carbocycles. The van der Waals surface area contributed by atoms with Gasteiger partial charge in [0.25, 0.3) is 5.91 Å². The Morgan fingerprint density at radius 1 is 1.09 bits per heavy atom. The molecular formula is C23H26N4O6S. The van der Waals surface area contributed by atoms with Crippen molar-refractivity contribution in [2.45, 2.75) is 24.7 Å². The number of ether oxygens (including phenoxy) is 2. The summed E-state index contributed by atoms with van der Waals surface area (Å²) in [6.45, 7) is 3.06. The molecule has 1 N–H and O–H groups in total. The van der Waals surface area contributed by atoms with Crippen molar-refractivity contribution in [2.24, 2.45) is 5.92 Å². The van der Waals surface area contributed by atoms with Gasteiger partial charge in [-0.15, -0.1) is 5.10 Å². The van der Waals surface area contributed by atoms with Gasteiger partial charge in [-0.05, 0) is 61.2 Å². The molecule has 11 heteroatoms. The van der Waals surface area contributed by atoms with Gasteiger partial charge in [0.2, 0.25) is 15.9 Å². The van der Waals surface area contributed by atoms with Crippen LogP contribution in [0.25, 0.3) is 11.5 Å². The quantitative estimate of drug-likeness (QED) is 0.539. The lowest BCUT2D eigenvalue weighted by molar-refractivity contribution is 0.102. The van der Waals surface area contributed by atoms with E-state index in [0.29, 0.717) is 36.1 Å². The maximum absolute atomic E-state index is 12.9. The standard InChI is InChI=1S/C23H26N4O6S/c1-15-5-4-12-27(14-15)34(29,30)18-9-6-16(7-10-18)21(28)24-23-26-25-22(33-23)17-8-11-19(31-2)20(13-17)32-3/h6-11,13,15H,4-5,12,14H2,1-3H3,(H,24,26,28). The van der Waals surface area contributed by atoms with Crippen LogP contribution in [0.15, 0.2) is 51.8 Å². The molecule has 180 valence electrons. The van der Waals surface area contributed by atoms with Gasteiger partial charge in [0.05, 0.1) is 19.1 Å². The van der Waals surface area contributed by atoms with E-state index in [1.165, 1.54) is 42.8 Å². The molecule has 2 heterocycles. The second kappa shape index (κ2) is 9.82. The lowest BCUT2D eigenvalue weighted by Crippen LogP contribution is -2.39. The number of amides is 1. The first-order chi connectivity index (χ1) is 16.3. The lowest BCUT2D eigenvalue weighted by Gasteiger charge is -2.30. The van der Waals surface area contributed by atoms with Crippen LogP contribution in [0.1, 0.15) is 30.1 Å². The van der Waals surface area contributed by atoms with E-state index in [4.69, 9.17) is 13.9 Å². The molecule has 1 aliphatic heterocycles. The van der Waals surface area contributed by atoms with Crippen LogP contribution in [0.5, 0.6) is 11.5 Å². The normalized spacial score (nSPS) is 16.7. The molecule has 0 bridgehead atoms. The van der Waals surface area contributed by atoms with E-state index in [2.05, 4.69) is 15.5 Å². The Labute approximate surface area is 197 Å². The number of hydrogen-bond acceptors (Lipinski definition) is 8. The van der Waals surface area contributed by atoms with Crippen molar-refractivity contribution >= 4 is 21.9 Å². The Hall–Kier alpha value is -3.44. The Morgan fingerprint density at radius 3 is 2.50 bits per heavy atom. The van der Waals surface area contributed by atoms with Crippen LogP contribution >= 0.6 is 0 Å². The Kier molecular flexibility index (Phi) is 6.85. The predicted octanol–water partition coefficient (Wildman–Crippen LogP) is 3.43. The number of piperidine rings is 1. The summed E-state index contributed by atoms with van der Waals surface area (Å²) in [6, 6.07) is 10.8. The number of sulfonamides is 1. The van der Waals surface area contributed by atoms with E-state index in [1.807, 2.05) is 6.92 Å². The van der Waals surface area contributed by atoms with E-state index in [0.717, 1.165) is 12.8 Å². The van der Waals surface area contributed by atoms with Gasteiger partial charge in [-0.25, -0.2) is 8.42 Å². The summed E-state index contributed by atoms with van der Waals surface area (Å²) in [4.78, 5) is 12.8. The summed E-state index contributed by atoms with van der Waals surface area (Å²) in [5.41, 5.74) is 0.851. The molecule has 1 amide bonds. The molecule has 1 saturated heterocycles. The molecule has 1 atom stereocenters. The molecule has 1 aliphatic rings. The molecule has 1 unspecified atom stereocenters. The van der Waals surface area contributed by atoms with Gasteiger partial charge in [-0.1, -0.05) is 12.0 Å². The molecular weight excluding hydrogens is 460 g/mol. The molecule has 0 spiro atoms. The minimum Gasteiger partial charge on any atom is -0.493 e. The zero-order valence-corrected chi connectivity index (χ0v) is 20.0. The maximum atomic E-state index is 12.9. The average Bonchev–Trinajstić information content (AvgIpc) is 3.32. The SMILES string of the molecule is COc1ccc(-c2nnc(NC(=O)c3ccc(S(=O)(=O)N4CCCC(C)C4)cc3)o2)cc1OC. The minimum absolute atomic E-state index is 0.0891. The van der Waals surface area contributed by atoms with Crippen LogP contribution < -0.4 is 14.8 Å². The van der Waals surface area contributed by atoms with Crippen LogP contribution in [0.4, 0.5) is 6.01 Å². The number of rotatable bonds is 7. The highest BCUT2D eigenvalue weighted by Gasteiger charge is 2.28. The Bertz CT molecular complexity index is 1270. The topological polar surface area (TPSA) is 124 Å². The third kappa shape index (κ3) is 4.90. The van der Waals surface area contributed by atoms with Crippen molar-refractivity contribution < 1.29 is 27.1 Å². The molecule has 10 nitrogen and oxygen atoms in total. The highest BCUT2D eigenvalue weighted by atomic mass is 32.2. The van der Waals surface area contributed by atoms with Gasteiger partial charge in [0, 0.05) is 24.2 Å². The third-order valence-electron chi connectivity index (χ3n) is 5.65. The first kappa shape index (κ1) is 23.7. The van der Waals surface area contributed by atoms with E-state index in [1.54, 1.807) is 18.2 Å². The van der Waals surface area contributed by atoms with Crippen molar-refractivity contribution in [1.82, 2.24) is 14.5 Å². The second-order valence-electron chi connectivity index (χ2n) is 8.07. The number of carbonyl (C=O) groups excluding carboxylic acids is 1. The number of benzene rings is 2. The molecule has 1 fully saturated rings. The highest BCUT2D eigenvalue weighted by Crippen LogP contribution is 2.32. The fraction of sp³-hybridized carbons (Fsp3) is 0.348. The van der Waals surface area contributed by atoms with E-state index in [-0.39, 0.29) is 22.4 Å². The molecule has 0 radical (unpaired) electrons. The minimum atomic E-state index is -3.59. The maximum Gasteiger partial charge on any atom is 0.322 e.